The second kappa shape index (κ2) is 8.63. The number of aryl methyl sites for hydroxylation is 1. The first-order valence-electron chi connectivity index (χ1n) is 9.90. The maximum Gasteiger partial charge on any atom is 0.319 e. The van der Waals surface area contributed by atoms with Crippen LogP contribution >= 0.6 is 0 Å². The first-order chi connectivity index (χ1) is 13.5. The summed E-state index contributed by atoms with van der Waals surface area (Å²) in [5, 5.41) is 9.49. The quantitative estimate of drug-likeness (QED) is 0.753. The van der Waals surface area contributed by atoms with Gasteiger partial charge in [0.2, 0.25) is 11.8 Å². The van der Waals surface area contributed by atoms with Crippen molar-refractivity contribution in [3.05, 3.63) is 29.8 Å². The van der Waals surface area contributed by atoms with Crippen LogP contribution in [-0.2, 0) is 20.8 Å². The average molecular weight is 388 g/mol. The molecule has 3 rings (SSSR count). The third-order valence-corrected chi connectivity index (χ3v) is 5.95. The van der Waals surface area contributed by atoms with Crippen LogP contribution < -0.4 is 4.74 Å². The molecule has 1 heterocycles. The van der Waals surface area contributed by atoms with Gasteiger partial charge in [0.1, 0.15) is 11.2 Å². The molecule has 7 nitrogen and oxygen atoms in total. The highest BCUT2D eigenvalue weighted by atomic mass is 16.5. The summed E-state index contributed by atoms with van der Waals surface area (Å²) < 4.78 is 5.14. The summed E-state index contributed by atoms with van der Waals surface area (Å²) in [4.78, 5) is 40.4. The molecule has 1 N–H and O–H groups in total. The third-order valence-electron chi connectivity index (χ3n) is 5.95. The molecule has 0 radical (unpaired) electrons. The molecule has 0 bridgehead atoms. The van der Waals surface area contributed by atoms with Gasteiger partial charge in [-0.2, -0.15) is 0 Å². The minimum absolute atomic E-state index is 0.0710. The molecule has 2 aliphatic rings. The van der Waals surface area contributed by atoms with Gasteiger partial charge in [0, 0.05) is 32.6 Å². The number of methoxy groups -OCH3 is 1. The van der Waals surface area contributed by atoms with E-state index in [0.29, 0.717) is 58.3 Å². The Balaban J connectivity index is 1.52. The summed E-state index contributed by atoms with van der Waals surface area (Å²) in [5.74, 6) is -0.432. The largest absolute Gasteiger partial charge is 0.497 e. The van der Waals surface area contributed by atoms with Gasteiger partial charge in [0.15, 0.2) is 0 Å². The molecular formula is C21H28N2O5. The van der Waals surface area contributed by atoms with Crippen molar-refractivity contribution in [1.29, 1.82) is 0 Å². The topological polar surface area (TPSA) is 87.2 Å². The van der Waals surface area contributed by atoms with Crippen LogP contribution in [0.2, 0.25) is 0 Å². The van der Waals surface area contributed by atoms with Gasteiger partial charge in [0.25, 0.3) is 0 Å². The van der Waals surface area contributed by atoms with Gasteiger partial charge in [0.05, 0.1) is 7.11 Å². The zero-order valence-electron chi connectivity index (χ0n) is 16.4. The smallest absolute Gasteiger partial charge is 0.319 e. The molecule has 152 valence electrons. The first-order valence-corrected chi connectivity index (χ1v) is 9.90. The van der Waals surface area contributed by atoms with Crippen LogP contribution in [0.25, 0.3) is 0 Å². The summed E-state index contributed by atoms with van der Waals surface area (Å²) in [6, 6.07) is 7.68. The number of amides is 2. The lowest BCUT2D eigenvalue weighted by Crippen LogP contribution is -2.53. The highest BCUT2D eigenvalue weighted by Crippen LogP contribution is 2.43. The molecule has 1 saturated heterocycles. The highest BCUT2D eigenvalue weighted by Gasteiger charge is 2.52. The fourth-order valence-electron chi connectivity index (χ4n) is 3.92. The lowest BCUT2D eigenvalue weighted by Gasteiger charge is -2.39. The number of nitrogens with zero attached hydrogens (tertiary/aromatic N) is 2. The molecule has 1 aliphatic heterocycles. The van der Waals surface area contributed by atoms with Crippen LogP contribution in [0, 0.1) is 5.41 Å². The Kier molecular flexibility index (Phi) is 6.21. The predicted octanol–water partition coefficient (Wildman–Crippen LogP) is 1.94. The molecule has 2 fully saturated rings. The fourth-order valence-corrected chi connectivity index (χ4v) is 3.92. The summed E-state index contributed by atoms with van der Waals surface area (Å²) in [5.41, 5.74) is -0.151. The molecule has 1 aromatic rings. The molecule has 2 amide bonds. The molecule has 28 heavy (non-hydrogen) atoms. The molecule has 7 heteroatoms. The van der Waals surface area contributed by atoms with E-state index in [2.05, 4.69) is 0 Å². The number of carboxylic acid groups (broad SMARTS) is 1. The summed E-state index contributed by atoms with van der Waals surface area (Å²) in [7, 11) is 1.62. The van der Waals surface area contributed by atoms with Gasteiger partial charge in [-0.15, -0.1) is 0 Å². The third kappa shape index (κ3) is 4.13. The number of hydrogen-bond acceptors (Lipinski definition) is 4. The zero-order valence-corrected chi connectivity index (χ0v) is 16.4. The standard InChI is InChI=1S/C21H28N2O5/c1-28-17-7-4-16(5-8-17)6-9-18(24)22-12-3-13-23(15-14-22)19(25)21(20(26)27)10-2-11-21/h4-5,7-8H,2-3,6,9-15H2,1H3,(H,26,27). The second-order valence-electron chi connectivity index (χ2n) is 7.62. The van der Waals surface area contributed by atoms with Crippen LogP contribution in [0.5, 0.6) is 5.75 Å². The van der Waals surface area contributed by atoms with Crippen molar-refractivity contribution < 1.29 is 24.2 Å². The number of hydrogen-bond donors (Lipinski definition) is 1. The normalized spacial score (nSPS) is 18.8. The van der Waals surface area contributed by atoms with Crippen molar-refractivity contribution in [3.8, 4) is 5.75 Å². The van der Waals surface area contributed by atoms with E-state index in [4.69, 9.17) is 4.74 Å². The van der Waals surface area contributed by atoms with Crippen LogP contribution in [-0.4, -0.2) is 66.0 Å². The van der Waals surface area contributed by atoms with E-state index in [-0.39, 0.29) is 11.8 Å². The Morgan fingerprint density at radius 2 is 1.64 bits per heavy atom. The van der Waals surface area contributed by atoms with Gasteiger partial charge >= 0.3 is 5.97 Å². The van der Waals surface area contributed by atoms with Crippen molar-refractivity contribution in [2.75, 3.05) is 33.3 Å². The summed E-state index contributed by atoms with van der Waals surface area (Å²) in [6.45, 7) is 1.98. The minimum Gasteiger partial charge on any atom is -0.497 e. The SMILES string of the molecule is COc1ccc(CCC(=O)N2CCCN(C(=O)C3(C(=O)O)CCC3)CC2)cc1. The second-order valence-corrected chi connectivity index (χ2v) is 7.62. The van der Waals surface area contributed by atoms with Crippen molar-refractivity contribution in [2.24, 2.45) is 5.41 Å². The molecule has 0 spiro atoms. The van der Waals surface area contributed by atoms with Gasteiger partial charge in [-0.3, -0.25) is 14.4 Å². The van der Waals surface area contributed by atoms with Crippen molar-refractivity contribution in [1.82, 2.24) is 9.80 Å². The molecule has 0 aromatic heterocycles. The van der Waals surface area contributed by atoms with E-state index < -0.39 is 11.4 Å². The molecule has 1 saturated carbocycles. The van der Waals surface area contributed by atoms with Crippen molar-refractivity contribution in [3.63, 3.8) is 0 Å². The Morgan fingerprint density at radius 3 is 2.21 bits per heavy atom. The van der Waals surface area contributed by atoms with Gasteiger partial charge in [-0.05, 0) is 43.4 Å². The van der Waals surface area contributed by atoms with Gasteiger partial charge in [-0.1, -0.05) is 18.6 Å². The molecule has 0 unspecified atom stereocenters. The Morgan fingerprint density at radius 1 is 1.00 bits per heavy atom. The average Bonchev–Trinajstić information content (AvgIpc) is 2.91. The van der Waals surface area contributed by atoms with E-state index in [1.165, 1.54) is 0 Å². The predicted molar refractivity (Wildman–Crippen MR) is 103 cm³/mol. The number of carbonyl (C=O) groups excluding carboxylic acids is 2. The molecule has 1 aliphatic carbocycles. The van der Waals surface area contributed by atoms with Crippen LogP contribution in [0.15, 0.2) is 24.3 Å². The van der Waals surface area contributed by atoms with Crippen molar-refractivity contribution >= 4 is 17.8 Å². The van der Waals surface area contributed by atoms with E-state index in [9.17, 15) is 19.5 Å². The van der Waals surface area contributed by atoms with Crippen molar-refractivity contribution in [2.45, 2.75) is 38.5 Å². The number of benzene rings is 1. The zero-order chi connectivity index (χ0) is 20.1. The number of ether oxygens (including phenoxy) is 1. The minimum atomic E-state index is -1.23. The maximum atomic E-state index is 12.8. The number of carbonyl (C=O) groups is 3. The highest BCUT2D eigenvalue weighted by molar-refractivity contribution is 6.02. The molecule has 1 aromatic carbocycles. The van der Waals surface area contributed by atoms with E-state index in [1.54, 1.807) is 16.9 Å². The Bertz CT molecular complexity index is 727. The maximum absolute atomic E-state index is 12.8. The Hall–Kier alpha value is -2.57. The Labute approximate surface area is 165 Å². The van der Waals surface area contributed by atoms with E-state index in [0.717, 1.165) is 17.7 Å². The van der Waals surface area contributed by atoms with Gasteiger partial charge in [-0.25, -0.2) is 0 Å². The van der Waals surface area contributed by atoms with Crippen LogP contribution in [0.1, 0.15) is 37.7 Å². The van der Waals surface area contributed by atoms with E-state index in [1.807, 2.05) is 24.3 Å². The lowest BCUT2D eigenvalue weighted by molar-refractivity contribution is -0.167. The molecular weight excluding hydrogens is 360 g/mol. The van der Waals surface area contributed by atoms with Crippen LogP contribution in [0.4, 0.5) is 0 Å². The van der Waals surface area contributed by atoms with Gasteiger partial charge < -0.3 is 19.6 Å². The van der Waals surface area contributed by atoms with Crippen LogP contribution in [0.3, 0.4) is 0 Å². The number of carboxylic acids is 1. The fraction of sp³-hybridized carbons (Fsp3) is 0.571. The lowest BCUT2D eigenvalue weighted by atomic mass is 9.67. The summed E-state index contributed by atoms with van der Waals surface area (Å²) in [6.07, 6.45) is 3.37. The van der Waals surface area contributed by atoms with E-state index >= 15 is 0 Å². The number of aliphatic carboxylic acids is 1. The summed E-state index contributed by atoms with van der Waals surface area (Å²) >= 11 is 0. The molecule has 0 atom stereocenters. The monoisotopic (exact) mass is 388 g/mol. The first kappa shape index (κ1) is 20.2. The number of rotatable bonds is 6.